The first-order chi connectivity index (χ1) is 14.0. The summed E-state index contributed by atoms with van der Waals surface area (Å²) in [6, 6.07) is 15.0. The zero-order chi connectivity index (χ0) is 20.5. The number of fused-ring (bicyclic) bond motifs is 1. The van der Waals surface area contributed by atoms with Gasteiger partial charge in [0.25, 0.3) is 5.56 Å². The lowest BCUT2D eigenvalue weighted by Crippen LogP contribution is -2.29. The van der Waals surface area contributed by atoms with Crippen LogP contribution in [-0.4, -0.2) is 28.2 Å². The van der Waals surface area contributed by atoms with E-state index in [1.807, 2.05) is 62.4 Å². The van der Waals surface area contributed by atoms with E-state index >= 15 is 0 Å². The standard InChI is InChI=1S/C23H23N3O3/c1-4-29-18-9-8-17-11-19(23(28)24-20(17)12-18)22-13-21(25-26(22)15(3)27)16-7-5-6-14(2)10-16/h5-12,22H,4,13H2,1-3H3,(H,24,28). The van der Waals surface area contributed by atoms with Gasteiger partial charge in [-0.3, -0.25) is 9.59 Å². The summed E-state index contributed by atoms with van der Waals surface area (Å²) >= 11 is 0. The fourth-order valence-corrected chi connectivity index (χ4v) is 3.74. The summed E-state index contributed by atoms with van der Waals surface area (Å²) in [6.07, 6.45) is 0.495. The Kier molecular flexibility index (Phi) is 4.92. The maximum atomic E-state index is 12.9. The van der Waals surface area contributed by atoms with Gasteiger partial charge in [-0.15, -0.1) is 0 Å². The Morgan fingerprint density at radius 2 is 2.07 bits per heavy atom. The molecule has 3 aromatic rings. The van der Waals surface area contributed by atoms with Crippen LogP contribution in [0.5, 0.6) is 5.75 Å². The molecular formula is C23H23N3O3. The summed E-state index contributed by atoms with van der Waals surface area (Å²) in [6.45, 7) is 5.96. The predicted octanol–water partition coefficient (Wildman–Crippen LogP) is 3.93. The van der Waals surface area contributed by atoms with Gasteiger partial charge in [0.1, 0.15) is 5.75 Å². The molecule has 0 spiro atoms. The van der Waals surface area contributed by atoms with Crippen molar-refractivity contribution in [1.29, 1.82) is 0 Å². The van der Waals surface area contributed by atoms with Crippen LogP contribution >= 0.6 is 0 Å². The Labute approximate surface area is 168 Å². The molecule has 148 valence electrons. The largest absolute Gasteiger partial charge is 0.494 e. The number of ether oxygens (including phenoxy) is 1. The van der Waals surface area contributed by atoms with Crippen molar-refractivity contribution in [2.75, 3.05) is 6.61 Å². The van der Waals surface area contributed by atoms with Crippen LogP contribution in [0, 0.1) is 6.92 Å². The molecule has 2 aromatic carbocycles. The SMILES string of the molecule is CCOc1ccc2cc(C3CC(c4cccc(C)c4)=NN3C(C)=O)c(=O)[nH]c2c1. The zero-order valence-corrected chi connectivity index (χ0v) is 16.7. The highest BCUT2D eigenvalue weighted by atomic mass is 16.5. The molecular weight excluding hydrogens is 366 g/mol. The Morgan fingerprint density at radius 3 is 2.79 bits per heavy atom. The van der Waals surface area contributed by atoms with Gasteiger partial charge in [-0.2, -0.15) is 5.10 Å². The van der Waals surface area contributed by atoms with Crippen LogP contribution in [0.4, 0.5) is 0 Å². The van der Waals surface area contributed by atoms with Crippen LogP contribution in [0.15, 0.2) is 58.4 Å². The zero-order valence-electron chi connectivity index (χ0n) is 16.7. The summed E-state index contributed by atoms with van der Waals surface area (Å²) in [4.78, 5) is 28.1. The molecule has 1 aromatic heterocycles. The lowest BCUT2D eigenvalue weighted by molar-refractivity contribution is -0.130. The molecule has 1 N–H and O–H groups in total. The number of hydrazone groups is 1. The highest BCUT2D eigenvalue weighted by molar-refractivity contribution is 6.03. The van der Waals surface area contributed by atoms with Crippen LogP contribution in [0.2, 0.25) is 0 Å². The molecule has 0 saturated heterocycles. The van der Waals surface area contributed by atoms with E-state index in [0.717, 1.165) is 22.2 Å². The Bertz CT molecular complexity index is 1180. The summed E-state index contributed by atoms with van der Waals surface area (Å²) in [7, 11) is 0. The van der Waals surface area contributed by atoms with E-state index in [1.165, 1.54) is 11.9 Å². The fourth-order valence-electron chi connectivity index (χ4n) is 3.74. The van der Waals surface area contributed by atoms with Crippen molar-refractivity contribution in [2.24, 2.45) is 5.10 Å². The quantitative estimate of drug-likeness (QED) is 0.735. The Balaban J connectivity index is 1.74. The smallest absolute Gasteiger partial charge is 0.253 e. The lowest BCUT2D eigenvalue weighted by atomic mass is 9.97. The predicted molar refractivity (Wildman–Crippen MR) is 113 cm³/mol. The van der Waals surface area contributed by atoms with Crippen LogP contribution in [0.1, 0.15) is 43.0 Å². The van der Waals surface area contributed by atoms with E-state index in [-0.39, 0.29) is 11.5 Å². The van der Waals surface area contributed by atoms with Crippen LogP contribution in [0.3, 0.4) is 0 Å². The van der Waals surface area contributed by atoms with Crippen LogP contribution < -0.4 is 10.3 Å². The van der Waals surface area contributed by atoms with Crippen molar-refractivity contribution in [2.45, 2.75) is 33.2 Å². The van der Waals surface area contributed by atoms with Gasteiger partial charge < -0.3 is 9.72 Å². The number of hydrogen-bond donors (Lipinski definition) is 1. The highest BCUT2D eigenvalue weighted by Crippen LogP contribution is 2.32. The van der Waals surface area contributed by atoms with Crippen molar-refractivity contribution < 1.29 is 9.53 Å². The van der Waals surface area contributed by atoms with Gasteiger partial charge in [0.2, 0.25) is 5.91 Å². The lowest BCUT2D eigenvalue weighted by Gasteiger charge is -2.20. The first-order valence-electron chi connectivity index (χ1n) is 9.70. The van der Waals surface area contributed by atoms with Gasteiger partial charge >= 0.3 is 0 Å². The number of aromatic nitrogens is 1. The normalized spacial score (nSPS) is 16.2. The molecule has 4 rings (SSSR count). The number of H-pyrrole nitrogens is 1. The number of aryl methyl sites for hydroxylation is 1. The molecule has 1 aliphatic rings. The summed E-state index contributed by atoms with van der Waals surface area (Å²) in [5.41, 5.74) is 3.91. The van der Waals surface area contributed by atoms with Crippen LogP contribution in [-0.2, 0) is 4.79 Å². The van der Waals surface area contributed by atoms with E-state index in [1.54, 1.807) is 0 Å². The average Bonchev–Trinajstić information content (AvgIpc) is 3.13. The Morgan fingerprint density at radius 1 is 1.24 bits per heavy atom. The minimum Gasteiger partial charge on any atom is -0.494 e. The molecule has 0 fully saturated rings. The van der Waals surface area contributed by atoms with Crippen molar-refractivity contribution in [3.63, 3.8) is 0 Å². The van der Waals surface area contributed by atoms with E-state index in [0.29, 0.717) is 29.9 Å². The van der Waals surface area contributed by atoms with E-state index in [4.69, 9.17) is 4.74 Å². The van der Waals surface area contributed by atoms with Crippen molar-refractivity contribution in [1.82, 2.24) is 9.99 Å². The van der Waals surface area contributed by atoms with Crippen molar-refractivity contribution in [3.05, 3.63) is 75.6 Å². The topological polar surface area (TPSA) is 74.8 Å². The third kappa shape index (κ3) is 3.66. The third-order valence-corrected chi connectivity index (χ3v) is 5.10. The molecule has 29 heavy (non-hydrogen) atoms. The molecule has 6 nitrogen and oxygen atoms in total. The fraction of sp³-hybridized carbons (Fsp3) is 0.261. The van der Waals surface area contributed by atoms with Crippen molar-refractivity contribution >= 4 is 22.5 Å². The molecule has 6 heteroatoms. The molecule has 1 amide bonds. The van der Waals surface area contributed by atoms with Crippen LogP contribution in [0.25, 0.3) is 10.9 Å². The number of nitrogens with one attached hydrogen (secondary N) is 1. The van der Waals surface area contributed by atoms with Gasteiger partial charge in [-0.25, -0.2) is 5.01 Å². The molecule has 0 saturated carbocycles. The number of aromatic amines is 1. The minimum atomic E-state index is -0.428. The van der Waals surface area contributed by atoms with Gasteiger partial charge in [0.15, 0.2) is 0 Å². The number of carbonyl (C=O) groups excluding carboxylic acids is 1. The summed E-state index contributed by atoms with van der Waals surface area (Å²) in [5, 5.41) is 6.85. The number of nitrogens with zero attached hydrogens (tertiary/aromatic N) is 2. The number of amides is 1. The Hall–Kier alpha value is -3.41. The number of benzene rings is 2. The molecule has 2 heterocycles. The number of hydrogen-bond acceptors (Lipinski definition) is 4. The van der Waals surface area contributed by atoms with E-state index in [9.17, 15) is 9.59 Å². The highest BCUT2D eigenvalue weighted by Gasteiger charge is 2.33. The second-order valence-corrected chi connectivity index (χ2v) is 7.24. The molecule has 0 radical (unpaired) electrons. The summed E-state index contributed by atoms with van der Waals surface area (Å²) < 4.78 is 5.51. The minimum absolute atomic E-state index is 0.191. The number of carbonyl (C=O) groups is 1. The number of pyridine rings is 1. The second-order valence-electron chi connectivity index (χ2n) is 7.24. The first-order valence-corrected chi connectivity index (χ1v) is 9.70. The average molecular weight is 389 g/mol. The van der Waals surface area contributed by atoms with Crippen molar-refractivity contribution in [3.8, 4) is 5.75 Å². The van der Waals surface area contributed by atoms with Gasteiger partial charge in [0.05, 0.1) is 23.9 Å². The van der Waals surface area contributed by atoms with Gasteiger partial charge in [0, 0.05) is 25.0 Å². The summed E-state index contributed by atoms with van der Waals surface area (Å²) in [5.74, 6) is 0.517. The van der Waals surface area contributed by atoms with Gasteiger partial charge in [-0.05, 0) is 43.0 Å². The third-order valence-electron chi connectivity index (χ3n) is 5.10. The maximum absolute atomic E-state index is 12.9. The number of rotatable bonds is 4. The van der Waals surface area contributed by atoms with E-state index in [2.05, 4.69) is 10.1 Å². The monoisotopic (exact) mass is 389 g/mol. The first kappa shape index (κ1) is 18.9. The molecule has 1 atom stereocenters. The molecule has 0 aliphatic carbocycles. The van der Waals surface area contributed by atoms with Gasteiger partial charge in [-0.1, -0.05) is 29.8 Å². The molecule has 1 unspecified atom stereocenters. The maximum Gasteiger partial charge on any atom is 0.253 e. The van der Waals surface area contributed by atoms with E-state index < -0.39 is 6.04 Å². The molecule has 1 aliphatic heterocycles. The molecule has 0 bridgehead atoms. The second kappa shape index (κ2) is 7.54.